The zero-order chi connectivity index (χ0) is 14.5. The van der Waals surface area contributed by atoms with Crippen molar-refractivity contribution in [2.24, 2.45) is 0 Å². The SMILES string of the molecule is CC(C)N[Si](C)(CCC[Si](C)(C)C)C1CCCCC1. The molecule has 0 aromatic rings. The molecule has 0 saturated heterocycles. The average Bonchev–Trinajstić information content (AvgIpc) is 2.27. The van der Waals surface area contributed by atoms with Gasteiger partial charge in [0.15, 0.2) is 0 Å². The zero-order valence-electron chi connectivity index (χ0n) is 14.3. The number of rotatable bonds is 7. The highest BCUT2D eigenvalue weighted by Crippen LogP contribution is 2.39. The highest BCUT2D eigenvalue weighted by Gasteiger charge is 2.37. The van der Waals surface area contributed by atoms with E-state index in [2.05, 4.69) is 45.0 Å². The minimum absolute atomic E-state index is 0.672. The standard InChI is InChI=1S/C16H37NSi2/c1-15(2)17-19(6,14-10-13-18(3,4)5)16-11-8-7-9-12-16/h15-17H,7-14H2,1-6H3. The Balaban J connectivity index is 2.58. The molecule has 1 fully saturated rings. The Morgan fingerprint density at radius 3 is 2.00 bits per heavy atom. The highest BCUT2D eigenvalue weighted by atomic mass is 28.3. The predicted octanol–water partition coefficient (Wildman–Crippen LogP) is 5.62. The van der Waals surface area contributed by atoms with Crippen molar-refractivity contribution in [1.29, 1.82) is 0 Å². The largest absolute Gasteiger partial charge is 0.335 e. The number of hydrogen-bond acceptors (Lipinski definition) is 1. The summed E-state index contributed by atoms with van der Waals surface area (Å²) in [6, 6.07) is 3.70. The van der Waals surface area contributed by atoms with Crippen LogP contribution in [0.2, 0.25) is 43.8 Å². The fraction of sp³-hybridized carbons (Fsp3) is 1.00. The van der Waals surface area contributed by atoms with E-state index in [-0.39, 0.29) is 0 Å². The molecule has 0 radical (unpaired) electrons. The molecule has 1 saturated carbocycles. The molecule has 0 heterocycles. The molecule has 114 valence electrons. The summed E-state index contributed by atoms with van der Waals surface area (Å²) in [5.74, 6) is 0. The van der Waals surface area contributed by atoms with Crippen LogP contribution in [0.25, 0.3) is 0 Å². The lowest BCUT2D eigenvalue weighted by Crippen LogP contribution is -2.55. The Labute approximate surface area is 124 Å². The van der Waals surface area contributed by atoms with Gasteiger partial charge in [-0.2, -0.15) is 0 Å². The maximum Gasteiger partial charge on any atom is 0.125 e. The smallest absolute Gasteiger partial charge is 0.125 e. The Bertz CT molecular complexity index is 254. The first kappa shape index (κ1) is 17.4. The molecule has 0 spiro atoms. The van der Waals surface area contributed by atoms with Gasteiger partial charge >= 0.3 is 0 Å². The predicted molar refractivity (Wildman–Crippen MR) is 94.3 cm³/mol. The van der Waals surface area contributed by atoms with Crippen LogP contribution in [0.3, 0.4) is 0 Å². The van der Waals surface area contributed by atoms with Crippen molar-refractivity contribution in [1.82, 2.24) is 4.98 Å². The molecule has 1 aliphatic carbocycles. The second kappa shape index (κ2) is 7.42. The molecule has 0 amide bonds. The third kappa shape index (κ3) is 6.59. The monoisotopic (exact) mass is 299 g/mol. The van der Waals surface area contributed by atoms with Crippen molar-refractivity contribution in [3.8, 4) is 0 Å². The Hall–Kier alpha value is 0.394. The van der Waals surface area contributed by atoms with Gasteiger partial charge in [-0.25, -0.2) is 0 Å². The Kier molecular flexibility index (Phi) is 6.81. The zero-order valence-corrected chi connectivity index (χ0v) is 16.3. The van der Waals surface area contributed by atoms with Crippen LogP contribution in [0.1, 0.15) is 52.4 Å². The van der Waals surface area contributed by atoms with Crippen LogP contribution in [-0.2, 0) is 0 Å². The molecule has 19 heavy (non-hydrogen) atoms. The van der Waals surface area contributed by atoms with Crippen molar-refractivity contribution in [3.63, 3.8) is 0 Å². The first-order valence-corrected chi connectivity index (χ1v) is 15.0. The molecule has 0 aliphatic heterocycles. The van der Waals surface area contributed by atoms with E-state index in [1.54, 1.807) is 0 Å². The molecule has 1 unspecified atom stereocenters. The Morgan fingerprint density at radius 1 is 0.947 bits per heavy atom. The van der Waals surface area contributed by atoms with Crippen LogP contribution in [0, 0.1) is 0 Å². The first-order valence-electron chi connectivity index (χ1n) is 8.51. The van der Waals surface area contributed by atoms with Gasteiger partial charge in [0.2, 0.25) is 0 Å². The van der Waals surface area contributed by atoms with E-state index in [0.29, 0.717) is 6.04 Å². The fourth-order valence-electron chi connectivity index (χ4n) is 3.78. The minimum Gasteiger partial charge on any atom is -0.335 e. The van der Waals surface area contributed by atoms with Crippen molar-refractivity contribution < 1.29 is 0 Å². The van der Waals surface area contributed by atoms with Crippen molar-refractivity contribution >= 4 is 16.3 Å². The van der Waals surface area contributed by atoms with Crippen molar-refractivity contribution in [2.75, 3.05) is 0 Å². The maximum atomic E-state index is 4.07. The molecule has 3 heteroatoms. The Morgan fingerprint density at radius 2 is 1.53 bits per heavy atom. The summed E-state index contributed by atoms with van der Waals surface area (Å²) in [5.41, 5.74) is 1.05. The van der Waals surface area contributed by atoms with Gasteiger partial charge in [-0.05, 0) is 17.6 Å². The summed E-state index contributed by atoms with van der Waals surface area (Å²) in [7, 11) is -2.09. The molecule has 1 N–H and O–H groups in total. The van der Waals surface area contributed by atoms with Gasteiger partial charge in [-0.15, -0.1) is 0 Å². The average molecular weight is 300 g/mol. The molecular formula is C16H37NSi2. The topological polar surface area (TPSA) is 12.0 Å². The third-order valence-electron chi connectivity index (χ3n) is 4.75. The van der Waals surface area contributed by atoms with Gasteiger partial charge in [0.25, 0.3) is 0 Å². The summed E-state index contributed by atoms with van der Waals surface area (Å²) in [5, 5.41) is 0. The molecular weight excluding hydrogens is 262 g/mol. The summed E-state index contributed by atoms with van der Waals surface area (Å²) >= 11 is 0. The van der Waals surface area contributed by atoms with Crippen LogP contribution in [0.5, 0.6) is 0 Å². The van der Waals surface area contributed by atoms with Crippen LogP contribution >= 0.6 is 0 Å². The molecule has 0 aromatic carbocycles. The maximum absolute atomic E-state index is 4.07. The van der Waals surface area contributed by atoms with Gasteiger partial charge < -0.3 is 4.98 Å². The van der Waals surface area contributed by atoms with Crippen molar-refractivity contribution in [3.05, 3.63) is 0 Å². The third-order valence-corrected chi connectivity index (χ3v) is 11.6. The molecule has 1 aliphatic rings. The van der Waals surface area contributed by atoms with Gasteiger partial charge in [-0.1, -0.05) is 84.6 Å². The summed E-state index contributed by atoms with van der Waals surface area (Å²) in [6.45, 7) is 14.9. The van der Waals surface area contributed by atoms with E-state index in [0.717, 1.165) is 5.54 Å². The summed E-state index contributed by atoms with van der Waals surface area (Å²) in [6.07, 6.45) is 8.96. The van der Waals surface area contributed by atoms with Crippen LogP contribution < -0.4 is 4.98 Å². The van der Waals surface area contributed by atoms with E-state index in [9.17, 15) is 0 Å². The lowest BCUT2D eigenvalue weighted by Gasteiger charge is -2.41. The molecule has 1 rings (SSSR count). The molecule has 0 aromatic heterocycles. The second-order valence-corrected chi connectivity index (χ2v) is 18.5. The first-order chi connectivity index (χ1) is 8.73. The number of nitrogens with one attached hydrogen (secondary N) is 1. The van der Waals surface area contributed by atoms with Gasteiger partial charge in [0.1, 0.15) is 8.24 Å². The summed E-state index contributed by atoms with van der Waals surface area (Å²) in [4.78, 5) is 4.07. The quantitative estimate of drug-likeness (QED) is 0.601. The molecule has 1 nitrogen and oxygen atoms in total. The number of hydrogen-bond donors (Lipinski definition) is 1. The van der Waals surface area contributed by atoms with Gasteiger partial charge in [-0.3, -0.25) is 0 Å². The lowest BCUT2D eigenvalue weighted by atomic mass is 10.0. The van der Waals surface area contributed by atoms with Gasteiger partial charge in [0.05, 0.1) is 0 Å². The van der Waals surface area contributed by atoms with Crippen LogP contribution in [0.4, 0.5) is 0 Å². The van der Waals surface area contributed by atoms with E-state index in [4.69, 9.17) is 0 Å². The normalized spacial score (nSPS) is 21.6. The van der Waals surface area contributed by atoms with E-state index < -0.39 is 16.3 Å². The molecule has 0 bridgehead atoms. The minimum atomic E-state index is -1.24. The van der Waals surface area contributed by atoms with Crippen molar-refractivity contribution in [2.45, 2.75) is 102 Å². The fourth-order valence-corrected chi connectivity index (χ4v) is 10.1. The lowest BCUT2D eigenvalue weighted by molar-refractivity contribution is 0.480. The van der Waals surface area contributed by atoms with E-state index >= 15 is 0 Å². The van der Waals surface area contributed by atoms with Gasteiger partial charge in [0, 0.05) is 8.07 Å². The summed E-state index contributed by atoms with van der Waals surface area (Å²) < 4.78 is 0. The van der Waals surface area contributed by atoms with Crippen LogP contribution in [0.15, 0.2) is 0 Å². The van der Waals surface area contributed by atoms with Crippen LogP contribution in [-0.4, -0.2) is 22.4 Å². The van der Waals surface area contributed by atoms with E-state index in [1.807, 2.05) is 0 Å². The highest BCUT2D eigenvalue weighted by molar-refractivity contribution is 6.78. The molecule has 1 atom stereocenters. The second-order valence-electron chi connectivity index (χ2n) is 8.47. The van der Waals surface area contributed by atoms with E-state index in [1.165, 1.54) is 50.6 Å².